The zero-order valence-electron chi connectivity index (χ0n) is 8.23. The molecule has 0 saturated heterocycles. The van der Waals surface area contributed by atoms with Crippen LogP contribution in [0.4, 0.5) is 0 Å². The summed E-state index contributed by atoms with van der Waals surface area (Å²) < 4.78 is 19.0. The molecular formula is C7H13O5PY-2. The molecule has 0 amide bonds. The maximum atomic E-state index is 10.4. The minimum atomic E-state index is -2.90. The molecule has 0 saturated carbocycles. The van der Waals surface area contributed by atoms with Crippen molar-refractivity contribution in [2.45, 2.75) is 0 Å². The van der Waals surface area contributed by atoms with Crippen LogP contribution >= 0.6 is 7.60 Å². The number of carboxylic acids is 1. The van der Waals surface area contributed by atoms with Crippen LogP contribution in [-0.2, 0) is 51.1 Å². The third-order valence-electron chi connectivity index (χ3n) is 0.859. The summed E-state index contributed by atoms with van der Waals surface area (Å²) in [5.41, 5.74) is -0.0741. The van der Waals surface area contributed by atoms with Crippen LogP contribution in [0, 0.1) is 13.6 Å². The summed E-state index contributed by atoms with van der Waals surface area (Å²) in [7, 11) is -0.326. The summed E-state index contributed by atoms with van der Waals surface area (Å²) in [6.07, 6.45) is 0. The Morgan fingerprint density at radius 2 is 1.64 bits per heavy atom. The van der Waals surface area contributed by atoms with E-state index in [0.717, 1.165) is 0 Å². The predicted octanol–water partition coefficient (Wildman–Crippen LogP) is 1.72. The molecule has 0 aromatic carbocycles. The second kappa shape index (κ2) is 9.87. The van der Waals surface area contributed by atoms with Crippen molar-refractivity contribution in [2.75, 3.05) is 14.2 Å². The van der Waals surface area contributed by atoms with Gasteiger partial charge in [-0.2, -0.15) is 13.5 Å². The van der Waals surface area contributed by atoms with Gasteiger partial charge in [0.1, 0.15) is 0 Å². The van der Waals surface area contributed by atoms with E-state index in [9.17, 15) is 9.36 Å². The zero-order chi connectivity index (χ0) is 11.1. The molecule has 0 aliphatic rings. The molecule has 0 rings (SSSR count). The van der Waals surface area contributed by atoms with Gasteiger partial charge in [-0.15, -0.1) is 5.57 Å². The Morgan fingerprint density at radius 1 is 1.43 bits per heavy atom. The first-order chi connectivity index (χ1) is 5.76. The molecular weight excluding hydrogens is 284 g/mol. The number of hydrogen-bond donors (Lipinski definition) is 1. The largest absolute Gasteiger partial charge is 0.535 e. The average molecular weight is 297 g/mol. The van der Waals surface area contributed by atoms with Crippen molar-refractivity contribution >= 4 is 13.6 Å². The zero-order valence-corrected chi connectivity index (χ0v) is 12.0. The van der Waals surface area contributed by atoms with Gasteiger partial charge < -0.3 is 18.9 Å². The van der Waals surface area contributed by atoms with E-state index in [2.05, 4.69) is 29.2 Å². The average Bonchev–Trinajstić information content (AvgIpc) is 2.05. The summed E-state index contributed by atoms with van der Waals surface area (Å²) >= 11 is 0. The van der Waals surface area contributed by atoms with Crippen molar-refractivity contribution in [1.29, 1.82) is 0 Å². The molecule has 0 aromatic heterocycles. The number of carbonyl (C=O) groups is 1. The maximum Gasteiger partial charge on any atom is 0.216 e. The Bertz CT molecular complexity index is 208. The van der Waals surface area contributed by atoms with Crippen LogP contribution in [0.3, 0.4) is 0 Å². The Labute approximate surface area is 109 Å². The van der Waals surface area contributed by atoms with E-state index in [1.165, 1.54) is 14.2 Å². The van der Waals surface area contributed by atoms with E-state index in [1.54, 1.807) is 0 Å². The topological polar surface area (TPSA) is 72.8 Å². The van der Waals surface area contributed by atoms with Crippen LogP contribution in [-0.4, -0.2) is 25.3 Å². The Kier molecular flexibility index (Phi) is 14.0. The molecule has 0 spiro atoms. The van der Waals surface area contributed by atoms with Gasteiger partial charge in [0.05, 0.1) is 0 Å². The second-order valence-electron chi connectivity index (χ2n) is 1.88. The monoisotopic (exact) mass is 297 g/mol. The third kappa shape index (κ3) is 14.8. The van der Waals surface area contributed by atoms with Gasteiger partial charge in [-0.05, 0) is 0 Å². The Hall–Kier alpha value is 0.334. The van der Waals surface area contributed by atoms with Crippen LogP contribution < -0.4 is 0 Å². The van der Waals surface area contributed by atoms with Gasteiger partial charge in [0.2, 0.25) is 5.97 Å². The standard InChI is InChI=1S/C4H5O2.C3H8O3P.Y/c1-3(2)4(5)6;1-5-7(3,4)6-2;/h1-2H2,(H,5,6);3H2,1-2H3;/q2*-1;. The van der Waals surface area contributed by atoms with Gasteiger partial charge >= 0.3 is 0 Å². The van der Waals surface area contributed by atoms with Crippen molar-refractivity contribution < 1.29 is 56.2 Å². The molecule has 14 heavy (non-hydrogen) atoms. The van der Waals surface area contributed by atoms with Gasteiger partial charge in [0.15, 0.2) is 7.60 Å². The molecule has 7 heteroatoms. The number of aliphatic carboxylic acids is 1. The van der Waals surface area contributed by atoms with Crippen molar-refractivity contribution in [3.63, 3.8) is 0 Å². The van der Waals surface area contributed by atoms with Gasteiger partial charge in [0.25, 0.3) is 0 Å². The van der Waals surface area contributed by atoms with Crippen LogP contribution in [0.1, 0.15) is 0 Å². The molecule has 81 valence electrons. The van der Waals surface area contributed by atoms with E-state index >= 15 is 0 Å². The molecule has 0 unspecified atom stereocenters. The van der Waals surface area contributed by atoms with E-state index in [4.69, 9.17) is 5.11 Å². The normalized spacial score (nSPS) is 9.07. The fourth-order valence-electron chi connectivity index (χ4n) is 0.0745. The van der Waals surface area contributed by atoms with E-state index in [1.807, 2.05) is 0 Å². The SMILES string of the molecule is C=C([CH2-])C(=O)O.[CH2-]P(=O)(OC)OC.[Y]. The first kappa shape index (κ1) is 19.8. The summed E-state index contributed by atoms with van der Waals surface area (Å²) in [4.78, 5) is 9.54. The Morgan fingerprint density at radius 3 is 1.64 bits per heavy atom. The minimum Gasteiger partial charge on any atom is -0.535 e. The predicted molar refractivity (Wildman–Crippen MR) is 49.1 cm³/mol. The van der Waals surface area contributed by atoms with Crippen LogP contribution in [0.2, 0.25) is 0 Å². The van der Waals surface area contributed by atoms with Gasteiger partial charge in [0, 0.05) is 46.9 Å². The molecule has 0 aliphatic carbocycles. The van der Waals surface area contributed by atoms with Crippen molar-refractivity contribution in [3.05, 3.63) is 25.7 Å². The van der Waals surface area contributed by atoms with Gasteiger partial charge in [-0.25, -0.2) is 6.66 Å². The van der Waals surface area contributed by atoms with E-state index < -0.39 is 13.6 Å². The molecule has 0 bridgehead atoms. The molecule has 0 aliphatic heterocycles. The molecule has 0 heterocycles. The van der Waals surface area contributed by atoms with Gasteiger partial charge in [-0.3, -0.25) is 4.57 Å². The second-order valence-corrected chi connectivity index (χ2v) is 3.84. The number of carboxylic acid groups (broad SMARTS) is 1. The smallest absolute Gasteiger partial charge is 0.216 e. The summed E-state index contributed by atoms with van der Waals surface area (Å²) in [5, 5.41) is 7.83. The van der Waals surface area contributed by atoms with Crippen molar-refractivity contribution in [1.82, 2.24) is 0 Å². The van der Waals surface area contributed by atoms with Crippen LogP contribution in [0.25, 0.3) is 0 Å². The summed E-state index contributed by atoms with van der Waals surface area (Å²) in [6.45, 7) is 9.21. The summed E-state index contributed by atoms with van der Waals surface area (Å²) in [5.74, 6) is -1.05. The molecule has 5 nitrogen and oxygen atoms in total. The van der Waals surface area contributed by atoms with Crippen LogP contribution in [0.5, 0.6) is 0 Å². The number of hydrogen-bond acceptors (Lipinski definition) is 4. The first-order valence-electron chi connectivity index (χ1n) is 3.07. The van der Waals surface area contributed by atoms with Crippen molar-refractivity contribution in [2.24, 2.45) is 0 Å². The molecule has 0 fully saturated rings. The number of rotatable bonds is 3. The van der Waals surface area contributed by atoms with Gasteiger partial charge in [-0.1, -0.05) is 0 Å². The molecule has 1 radical (unpaired) electrons. The fourth-order valence-corrected chi connectivity index (χ4v) is 0.224. The quantitative estimate of drug-likeness (QED) is 0.488. The minimum absolute atomic E-state index is 0. The van der Waals surface area contributed by atoms with E-state index in [-0.39, 0.29) is 38.3 Å². The maximum absolute atomic E-state index is 10.4. The van der Waals surface area contributed by atoms with E-state index in [0.29, 0.717) is 0 Å². The third-order valence-corrected chi connectivity index (χ3v) is 1.97. The van der Waals surface area contributed by atoms with Crippen molar-refractivity contribution in [3.8, 4) is 0 Å². The fraction of sp³-hybridized carbons (Fsp3) is 0.286. The molecule has 1 N–H and O–H groups in total. The summed E-state index contributed by atoms with van der Waals surface area (Å²) in [6, 6.07) is 0. The molecule has 0 aromatic rings. The Balaban J connectivity index is -0.000000163. The van der Waals surface area contributed by atoms with Crippen LogP contribution in [0.15, 0.2) is 12.2 Å². The molecule has 0 atom stereocenters. The first-order valence-corrected chi connectivity index (χ1v) is 4.79.